The van der Waals surface area contributed by atoms with Crippen molar-refractivity contribution in [1.82, 2.24) is 4.72 Å². The van der Waals surface area contributed by atoms with Gasteiger partial charge in [0.25, 0.3) is 0 Å². The van der Waals surface area contributed by atoms with Crippen molar-refractivity contribution >= 4 is 22.1 Å². The highest BCUT2D eigenvalue weighted by Crippen LogP contribution is 1.87. The van der Waals surface area contributed by atoms with Crippen molar-refractivity contribution < 1.29 is 22.7 Å². The SMILES string of the molecule is CCCN=C=O.COC(=O)C(CN)NS(C)(=O)=O. The topological polar surface area (TPSA) is 128 Å². The molecule has 0 aliphatic rings. The van der Waals surface area contributed by atoms with Crippen LogP contribution >= 0.6 is 0 Å². The molecule has 0 radical (unpaired) electrons. The van der Waals surface area contributed by atoms with Crippen LogP contribution in [0.3, 0.4) is 0 Å². The minimum Gasteiger partial charge on any atom is -0.468 e. The molecule has 0 aliphatic carbocycles. The zero-order valence-electron chi connectivity index (χ0n) is 10.7. The van der Waals surface area contributed by atoms with Crippen LogP contribution < -0.4 is 10.5 Å². The van der Waals surface area contributed by atoms with Crippen LogP contribution in [0.15, 0.2) is 4.99 Å². The van der Waals surface area contributed by atoms with Gasteiger partial charge >= 0.3 is 5.97 Å². The summed E-state index contributed by atoms with van der Waals surface area (Å²) < 4.78 is 27.6. The van der Waals surface area contributed by atoms with Crippen molar-refractivity contribution in [1.29, 1.82) is 0 Å². The number of ether oxygens (including phenoxy) is 1. The number of carbonyl (C=O) groups excluding carboxylic acids is 2. The van der Waals surface area contributed by atoms with Crippen molar-refractivity contribution in [2.45, 2.75) is 19.4 Å². The Morgan fingerprint density at radius 1 is 1.56 bits per heavy atom. The first-order valence-electron chi connectivity index (χ1n) is 5.11. The molecule has 0 rings (SSSR count). The Balaban J connectivity index is 0. The van der Waals surface area contributed by atoms with Gasteiger partial charge in [0.15, 0.2) is 0 Å². The third kappa shape index (κ3) is 12.8. The van der Waals surface area contributed by atoms with E-state index in [0.717, 1.165) is 19.8 Å². The molecule has 9 heteroatoms. The lowest BCUT2D eigenvalue weighted by Gasteiger charge is -2.11. The van der Waals surface area contributed by atoms with Crippen LogP contribution in [0.5, 0.6) is 0 Å². The average Bonchev–Trinajstić information content (AvgIpc) is 2.32. The number of nitrogens with two attached hydrogens (primary N) is 1. The second-order valence-corrected chi connectivity index (χ2v) is 4.95. The van der Waals surface area contributed by atoms with E-state index in [9.17, 15) is 18.0 Å². The van der Waals surface area contributed by atoms with Crippen LogP contribution in [0.4, 0.5) is 0 Å². The number of sulfonamides is 1. The van der Waals surface area contributed by atoms with E-state index in [4.69, 9.17) is 5.73 Å². The summed E-state index contributed by atoms with van der Waals surface area (Å²) in [5, 5.41) is 0. The zero-order chi connectivity index (χ0) is 14.6. The summed E-state index contributed by atoms with van der Waals surface area (Å²) in [6.07, 6.45) is 3.31. The number of carbonyl (C=O) groups is 1. The maximum atomic E-state index is 10.8. The number of nitrogens with one attached hydrogen (secondary N) is 1. The standard InChI is InChI=1S/C5H12N2O4S.C4H7NO/c1-11-5(8)4(3-6)7-12(2,9)10;1-2-3-5-4-6/h4,7H,3,6H2,1-2H3;2-3H2,1H3. The molecule has 106 valence electrons. The molecular formula is C9H19N3O5S. The van der Waals surface area contributed by atoms with Crippen LogP contribution in [0.25, 0.3) is 0 Å². The molecule has 0 bridgehead atoms. The molecule has 0 aromatic heterocycles. The first-order chi connectivity index (χ1) is 8.32. The summed E-state index contributed by atoms with van der Waals surface area (Å²) in [4.78, 5) is 23.3. The van der Waals surface area contributed by atoms with Crippen LogP contribution in [0.2, 0.25) is 0 Å². The van der Waals surface area contributed by atoms with Crippen molar-refractivity contribution in [3.05, 3.63) is 0 Å². The Morgan fingerprint density at radius 3 is 2.33 bits per heavy atom. The van der Waals surface area contributed by atoms with Gasteiger partial charge in [-0.05, 0) is 6.42 Å². The maximum Gasteiger partial charge on any atom is 0.325 e. The van der Waals surface area contributed by atoms with E-state index in [-0.39, 0.29) is 6.54 Å². The number of aliphatic imine (C=N–C) groups is 1. The Morgan fingerprint density at radius 2 is 2.11 bits per heavy atom. The molecule has 0 aliphatic heterocycles. The molecule has 1 unspecified atom stereocenters. The van der Waals surface area contributed by atoms with Crippen LogP contribution in [0.1, 0.15) is 13.3 Å². The lowest BCUT2D eigenvalue weighted by Crippen LogP contribution is -2.45. The first-order valence-corrected chi connectivity index (χ1v) is 7.00. The highest BCUT2D eigenvalue weighted by atomic mass is 32.2. The van der Waals surface area contributed by atoms with Gasteiger partial charge in [-0.3, -0.25) is 4.79 Å². The van der Waals surface area contributed by atoms with Crippen LogP contribution in [-0.2, 0) is 24.3 Å². The monoisotopic (exact) mass is 281 g/mol. The summed E-state index contributed by atoms with van der Waals surface area (Å²) in [5.74, 6) is -0.692. The van der Waals surface area contributed by atoms with Gasteiger partial charge < -0.3 is 10.5 Å². The van der Waals surface area contributed by atoms with Gasteiger partial charge in [0, 0.05) is 6.54 Å². The maximum absolute atomic E-state index is 10.8. The third-order valence-corrected chi connectivity index (χ3v) is 2.19. The summed E-state index contributed by atoms with van der Waals surface area (Å²) >= 11 is 0. The van der Waals surface area contributed by atoms with E-state index >= 15 is 0 Å². The molecule has 0 aromatic rings. The van der Waals surface area contributed by atoms with Gasteiger partial charge in [-0.1, -0.05) is 6.92 Å². The van der Waals surface area contributed by atoms with Gasteiger partial charge in [-0.15, -0.1) is 0 Å². The Labute approximate surface area is 107 Å². The lowest BCUT2D eigenvalue weighted by molar-refractivity contribution is -0.142. The fraction of sp³-hybridized carbons (Fsp3) is 0.778. The fourth-order valence-corrected chi connectivity index (χ4v) is 1.46. The third-order valence-electron chi connectivity index (χ3n) is 1.48. The van der Waals surface area contributed by atoms with E-state index < -0.39 is 22.0 Å². The summed E-state index contributed by atoms with van der Waals surface area (Å²) in [6.45, 7) is 2.45. The second-order valence-electron chi connectivity index (χ2n) is 3.17. The summed E-state index contributed by atoms with van der Waals surface area (Å²) in [6, 6.07) is -0.995. The molecule has 8 nitrogen and oxygen atoms in total. The normalized spacial score (nSPS) is 11.6. The fourth-order valence-electron chi connectivity index (χ4n) is 0.751. The van der Waals surface area contributed by atoms with Crippen molar-refractivity contribution in [2.24, 2.45) is 10.7 Å². The van der Waals surface area contributed by atoms with Crippen molar-refractivity contribution in [3.8, 4) is 0 Å². The summed E-state index contributed by atoms with van der Waals surface area (Å²) in [5.41, 5.74) is 5.13. The molecule has 1 atom stereocenters. The largest absolute Gasteiger partial charge is 0.468 e. The number of methoxy groups -OCH3 is 1. The Kier molecular flexibility index (Phi) is 11.5. The average molecular weight is 281 g/mol. The Hall–Kier alpha value is -1.28. The molecule has 0 saturated heterocycles. The van der Waals surface area contributed by atoms with Crippen LogP contribution in [-0.4, -0.2) is 53.0 Å². The molecule has 0 amide bonds. The Bertz CT molecular complexity index is 376. The number of hydrogen-bond donors (Lipinski definition) is 2. The lowest BCUT2D eigenvalue weighted by atomic mass is 10.3. The molecule has 0 aromatic carbocycles. The molecule has 3 N–H and O–H groups in total. The molecule has 0 saturated carbocycles. The quantitative estimate of drug-likeness (QED) is 0.356. The highest BCUT2D eigenvalue weighted by Gasteiger charge is 2.20. The van der Waals surface area contributed by atoms with Gasteiger partial charge in [0.2, 0.25) is 16.1 Å². The van der Waals surface area contributed by atoms with E-state index in [1.54, 1.807) is 0 Å². The van der Waals surface area contributed by atoms with E-state index in [2.05, 4.69) is 9.73 Å². The predicted octanol–water partition coefficient (Wildman–Crippen LogP) is -1.23. The molecule has 0 heterocycles. The number of rotatable bonds is 6. The zero-order valence-corrected chi connectivity index (χ0v) is 11.5. The van der Waals surface area contributed by atoms with Crippen LogP contribution in [0, 0.1) is 0 Å². The molecular weight excluding hydrogens is 262 g/mol. The molecule has 0 fully saturated rings. The van der Waals surface area contributed by atoms with Crippen molar-refractivity contribution in [2.75, 3.05) is 26.5 Å². The minimum absolute atomic E-state index is 0.125. The molecule has 18 heavy (non-hydrogen) atoms. The predicted molar refractivity (Wildman–Crippen MR) is 66.1 cm³/mol. The first kappa shape index (κ1) is 19.1. The number of isocyanates is 1. The second kappa shape index (κ2) is 10.8. The summed E-state index contributed by atoms with van der Waals surface area (Å²) in [7, 11) is -2.26. The van der Waals surface area contributed by atoms with Gasteiger partial charge in [0.05, 0.1) is 19.9 Å². The number of esters is 1. The van der Waals surface area contributed by atoms with Crippen molar-refractivity contribution in [3.63, 3.8) is 0 Å². The molecule has 0 spiro atoms. The number of nitrogens with zero attached hydrogens (tertiary/aromatic N) is 1. The van der Waals surface area contributed by atoms with Gasteiger partial charge in [0.1, 0.15) is 6.04 Å². The van der Waals surface area contributed by atoms with E-state index in [1.807, 2.05) is 11.6 Å². The van der Waals surface area contributed by atoms with Gasteiger partial charge in [-0.25, -0.2) is 18.2 Å². The highest BCUT2D eigenvalue weighted by molar-refractivity contribution is 7.88. The minimum atomic E-state index is -3.42. The van der Waals surface area contributed by atoms with Gasteiger partial charge in [-0.2, -0.15) is 4.72 Å². The smallest absolute Gasteiger partial charge is 0.325 e. The number of hydrogen-bond acceptors (Lipinski definition) is 7. The van der Waals surface area contributed by atoms with E-state index in [1.165, 1.54) is 6.08 Å². The van der Waals surface area contributed by atoms with E-state index in [0.29, 0.717) is 6.54 Å².